The molecule has 1 unspecified atom stereocenters. The van der Waals surface area contributed by atoms with Gasteiger partial charge in [-0.25, -0.2) is 9.18 Å². The number of non-ortho nitro benzene ring substituents is 1. The Labute approximate surface area is 164 Å². The Morgan fingerprint density at radius 3 is 2.34 bits per heavy atom. The number of amides is 1. The summed E-state index contributed by atoms with van der Waals surface area (Å²) < 4.78 is 23.5. The maximum absolute atomic E-state index is 13.0. The Morgan fingerprint density at radius 2 is 1.72 bits per heavy atom. The number of nitrogens with one attached hydrogen (secondary N) is 1. The molecule has 3 aromatic rings. The van der Waals surface area contributed by atoms with Crippen LogP contribution in [0.15, 0.2) is 65.1 Å². The van der Waals surface area contributed by atoms with Crippen molar-refractivity contribution in [3.05, 3.63) is 82.4 Å². The molecule has 3 rings (SSSR count). The van der Waals surface area contributed by atoms with E-state index in [1.807, 2.05) is 0 Å². The quantitative estimate of drug-likeness (QED) is 0.379. The Morgan fingerprint density at radius 1 is 1.07 bits per heavy atom. The van der Waals surface area contributed by atoms with Gasteiger partial charge in [-0.15, -0.1) is 0 Å². The summed E-state index contributed by atoms with van der Waals surface area (Å²) >= 11 is 0. The standard InChI is InChI=1S/C20H15FN2O6/c1-12(19(24)22-15-6-8-16(9-7-15)23(26)27)28-20(25)18-11-10-17(29-18)13-2-4-14(21)5-3-13/h2-12H,1H3,(H,22,24). The van der Waals surface area contributed by atoms with Gasteiger partial charge < -0.3 is 14.5 Å². The minimum absolute atomic E-state index is 0.112. The van der Waals surface area contributed by atoms with Crippen molar-refractivity contribution in [1.82, 2.24) is 0 Å². The second-order valence-electron chi connectivity index (χ2n) is 6.01. The SMILES string of the molecule is CC(OC(=O)c1ccc(-c2ccc(F)cc2)o1)C(=O)Nc1ccc([N+](=O)[O-])cc1. The maximum atomic E-state index is 13.0. The Hall–Kier alpha value is -4.01. The van der Waals surface area contributed by atoms with Gasteiger partial charge in [-0.05, 0) is 55.5 Å². The lowest BCUT2D eigenvalue weighted by atomic mass is 10.2. The van der Waals surface area contributed by atoms with E-state index in [-0.39, 0.29) is 11.4 Å². The molecule has 0 bridgehead atoms. The number of nitrogens with zero attached hydrogens (tertiary/aromatic N) is 1. The number of furan rings is 1. The molecule has 1 heterocycles. The molecule has 1 N–H and O–H groups in total. The smallest absolute Gasteiger partial charge is 0.375 e. The maximum Gasteiger partial charge on any atom is 0.375 e. The molecule has 0 saturated carbocycles. The first-order valence-electron chi connectivity index (χ1n) is 8.45. The summed E-state index contributed by atoms with van der Waals surface area (Å²) in [6, 6.07) is 13.7. The number of halogens is 1. The summed E-state index contributed by atoms with van der Waals surface area (Å²) in [7, 11) is 0. The van der Waals surface area contributed by atoms with Gasteiger partial charge in [0.15, 0.2) is 6.10 Å². The Kier molecular flexibility index (Phi) is 5.68. The predicted molar refractivity (Wildman–Crippen MR) is 101 cm³/mol. The zero-order chi connectivity index (χ0) is 21.0. The van der Waals surface area contributed by atoms with Crippen LogP contribution in [0.2, 0.25) is 0 Å². The number of esters is 1. The average Bonchev–Trinajstić information content (AvgIpc) is 3.19. The van der Waals surface area contributed by atoms with E-state index in [4.69, 9.17) is 9.15 Å². The van der Waals surface area contributed by atoms with Crippen molar-refractivity contribution >= 4 is 23.3 Å². The summed E-state index contributed by atoms with van der Waals surface area (Å²) in [5, 5.41) is 13.1. The molecule has 0 radical (unpaired) electrons. The number of nitro benzene ring substituents is 1. The van der Waals surface area contributed by atoms with Gasteiger partial charge in [0.1, 0.15) is 11.6 Å². The lowest BCUT2D eigenvalue weighted by Gasteiger charge is -2.12. The minimum Gasteiger partial charge on any atom is -0.449 e. The van der Waals surface area contributed by atoms with Crippen LogP contribution in [0.5, 0.6) is 0 Å². The number of rotatable bonds is 6. The summed E-state index contributed by atoms with van der Waals surface area (Å²) in [4.78, 5) is 34.5. The molecule has 0 spiro atoms. The summed E-state index contributed by atoms with van der Waals surface area (Å²) in [5.41, 5.74) is 0.784. The number of hydrogen-bond acceptors (Lipinski definition) is 6. The highest BCUT2D eigenvalue weighted by molar-refractivity contribution is 5.96. The van der Waals surface area contributed by atoms with E-state index in [9.17, 15) is 24.1 Å². The molecule has 2 aromatic carbocycles. The normalized spacial score (nSPS) is 11.5. The first kappa shape index (κ1) is 19.7. The molecular weight excluding hydrogens is 383 g/mol. The number of benzene rings is 2. The highest BCUT2D eigenvalue weighted by Crippen LogP contribution is 2.23. The van der Waals surface area contributed by atoms with Gasteiger partial charge in [0.25, 0.3) is 11.6 Å². The van der Waals surface area contributed by atoms with Crippen molar-refractivity contribution in [2.24, 2.45) is 0 Å². The van der Waals surface area contributed by atoms with Crippen LogP contribution in [0.25, 0.3) is 11.3 Å². The third kappa shape index (κ3) is 4.83. The van der Waals surface area contributed by atoms with Crippen molar-refractivity contribution in [2.45, 2.75) is 13.0 Å². The second kappa shape index (κ2) is 8.34. The average molecular weight is 398 g/mol. The number of ether oxygens (including phenoxy) is 1. The number of nitro groups is 1. The van der Waals surface area contributed by atoms with E-state index in [1.165, 1.54) is 67.6 Å². The van der Waals surface area contributed by atoms with Crippen LogP contribution >= 0.6 is 0 Å². The van der Waals surface area contributed by atoms with Crippen molar-refractivity contribution < 1.29 is 28.1 Å². The first-order chi connectivity index (χ1) is 13.8. The zero-order valence-electron chi connectivity index (χ0n) is 15.1. The fraction of sp³-hybridized carbons (Fsp3) is 0.100. The van der Waals surface area contributed by atoms with E-state index in [0.29, 0.717) is 17.0 Å². The first-order valence-corrected chi connectivity index (χ1v) is 8.45. The van der Waals surface area contributed by atoms with Crippen LogP contribution in [-0.4, -0.2) is 22.9 Å². The number of carbonyl (C=O) groups excluding carboxylic acids is 2. The molecule has 148 valence electrons. The number of carbonyl (C=O) groups is 2. The van der Waals surface area contributed by atoms with Crippen molar-refractivity contribution in [3.63, 3.8) is 0 Å². The summed E-state index contributed by atoms with van der Waals surface area (Å²) in [6.45, 7) is 1.38. The molecule has 0 saturated heterocycles. The largest absolute Gasteiger partial charge is 0.449 e. The van der Waals surface area contributed by atoms with Gasteiger partial charge in [-0.2, -0.15) is 0 Å². The van der Waals surface area contributed by atoms with Crippen LogP contribution in [0.3, 0.4) is 0 Å². The molecule has 0 fully saturated rings. The monoisotopic (exact) mass is 398 g/mol. The second-order valence-corrected chi connectivity index (χ2v) is 6.01. The van der Waals surface area contributed by atoms with E-state index >= 15 is 0 Å². The fourth-order valence-corrected chi connectivity index (χ4v) is 2.40. The number of hydrogen-bond donors (Lipinski definition) is 1. The van der Waals surface area contributed by atoms with Gasteiger partial charge in [0, 0.05) is 23.4 Å². The lowest BCUT2D eigenvalue weighted by Crippen LogP contribution is -2.29. The third-order valence-corrected chi connectivity index (χ3v) is 3.93. The molecule has 1 aromatic heterocycles. The van der Waals surface area contributed by atoms with E-state index in [0.717, 1.165) is 0 Å². The van der Waals surface area contributed by atoms with Crippen molar-refractivity contribution in [1.29, 1.82) is 0 Å². The molecule has 0 aliphatic heterocycles. The molecule has 1 amide bonds. The molecule has 29 heavy (non-hydrogen) atoms. The lowest BCUT2D eigenvalue weighted by molar-refractivity contribution is -0.384. The van der Waals surface area contributed by atoms with Gasteiger partial charge in [-0.3, -0.25) is 14.9 Å². The van der Waals surface area contributed by atoms with E-state index in [2.05, 4.69) is 5.32 Å². The van der Waals surface area contributed by atoms with Crippen LogP contribution < -0.4 is 5.32 Å². The molecule has 0 aliphatic carbocycles. The van der Waals surface area contributed by atoms with E-state index in [1.54, 1.807) is 0 Å². The van der Waals surface area contributed by atoms with E-state index < -0.39 is 28.7 Å². The molecule has 1 atom stereocenters. The topological polar surface area (TPSA) is 112 Å². The molecule has 8 nitrogen and oxygen atoms in total. The zero-order valence-corrected chi connectivity index (χ0v) is 15.1. The Bertz CT molecular complexity index is 1040. The van der Waals surface area contributed by atoms with Crippen LogP contribution in [0, 0.1) is 15.9 Å². The van der Waals surface area contributed by atoms with Gasteiger partial charge in [0.2, 0.25) is 5.76 Å². The van der Waals surface area contributed by atoms with Crippen molar-refractivity contribution in [3.8, 4) is 11.3 Å². The molecular formula is C20H15FN2O6. The summed E-state index contributed by atoms with van der Waals surface area (Å²) in [5.74, 6) is -1.62. The van der Waals surface area contributed by atoms with Crippen molar-refractivity contribution in [2.75, 3.05) is 5.32 Å². The van der Waals surface area contributed by atoms with Gasteiger partial charge in [-0.1, -0.05) is 0 Å². The minimum atomic E-state index is -1.14. The molecule has 9 heteroatoms. The van der Waals surface area contributed by atoms with Crippen LogP contribution in [0.1, 0.15) is 17.5 Å². The predicted octanol–water partition coefficient (Wildman–Crippen LogP) is 4.18. The number of anilines is 1. The van der Waals surface area contributed by atoms with Crippen LogP contribution in [-0.2, 0) is 9.53 Å². The highest BCUT2D eigenvalue weighted by Gasteiger charge is 2.22. The van der Waals surface area contributed by atoms with Crippen LogP contribution in [0.4, 0.5) is 15.8 Å². The molecule has 0 aliphatic rings. The van der Waals surface area contributed by atoms with Gasteiger partial charge in [0.05, 0.1) is 4.92 Å². The fourth-order valence-electron chi connectivity index (χ4n) is 2.40. The van der Waals surface area contributed by atoms with Gasteiger partial charge >= 0.3 is 5.97 Å². The third-order valence-electron chi connectivity index (χ3n) is 3.93. The highest BCUT2D eigenvalue weighted by atomic mass is 19.1. The summed E-state index contributed by atoms with van der Waals surface area (Å²) in [6.07, 6.45) is -1.14. The Balaban J connectivity index is 1.60.